The fraction of sp³-hybridized carbons (Fsp3) is 0.143. The Balaban J connectivity index is 0.000000405. The quantitative estimate of drug-likeness (QED) is 0.280. The number of alkyl halides is 6. The second kappa shape index (κ2) is 11.4. The van der Waals surface area contributed by atoms with E-state index < -0.39 is 11.0 Å². The van der Waals surface area contributed by atoms with Gasteiger partial charge in [-0.2, -0.15) is 49.0 Å². The molecule has 0 atom stereocenters. The minimum absolute atomic E-state index is 0.0822. The molecule has 0 bridgehead atoms. The van der Waals surface area contributed by atoms with E-state index in [1.54, 1.807) is 22.2 Å². The summed E-state index contributed by atoms with van der Waals surface area (Å²) in [5, 5.41) is 8.53. The van der Waals surface area contributed by atoms with E-state index in [-0.39, 0.29) is 28.4 Å². The van der Waals surface area contributed by atoms with Crippen molar-refractivity contribution in [1.82, 2.24) is 0 Å². The van der Waals surface area contributed by atoms with E-state index >= 15 is 0 Å². The maximum Gasteiger partial charge on any atom is 0.453 e. The number of hydrogen-bond donors (Lipinski definition) is 0. The van der Waals surface area contributed by atoms with Crippen molar-refractivity contribution in [3.8, 4) is 24.0 Å². The van der Waals surface area contributed by atoms with Crippen molar-refractivity contribution < 1.29 is 26.3 Å². The maximum atomic E-state index is 11.6. The molecule has 2 heterocycles. The van der Waals surface area contributed by atoms with Crippen molar-refractivity contribution in [2.75, 3.05) is 0 Å². The molecule has 0 unspecified atom stereocenters. The third kappa shape index (κ3) is 13.3. The van der Waals surface area contributed by atoms with Gasteiger partial charge in [0, 0.05) is 33.0 Å². The van der Waals surface area contributed by atoms with Crippen molar-refractivity contribution in [2.24, 2.45) is 0 Å². The van der Waals surface area contributed by atoms with Gasteiger partial charge in [0.2, 0.25) is 0 Å². The Bertz CT molecular complexity index is 627. The van der Waals surface area contributed by atoms with E-state index in [1.807, 2.05) is 5.25 Å². The number of hydrogen-bond acceptors (Lipinski definition) is 4. The number of halogens is 6. The van der Waals surface area contributed by atoms with Crippen LogP contribution in [0.2, 0.25) is 0 Å². The molecule has 0 saturated heterocycles. The van der Waals surface area contributed by atoms with Crippen molar-refractivity contribution in [3.05, 3.63) is 39.2 Å². The van der Waals surface area contributed by atoms with Gasteiger partial charge >= 0.3 is 11.0 Å². The van der Waals surface area contributed by atoms with E-state index in [2.05, 4.69) is 18.8 Å². The summed E-state index contributed by atoms with van der Waals surface area (Å²) in [6.45, 7) is 0. The standard InChI is InChI=1S/C7H3F3S2.C5H3F3S2.C2H2/c8-7(9,10)12-4-2-6-1-3-11-5-6;6-5(7,8)10-4-1-2-9-3-4;1-2/h1,3,5H;1-3H;1-2H. The van der Waals surface area contributed by atoms with Crippen LogP contribution in [0.4, 0.5) is 26.3 Å². The first-order chi connectivity index (χ1) is 11.2. The molecule has 0 radical (unpaired) electrons. The molecular formula is C14H8F6S4. The molecular weight excluding hydrogens is 410 g/mol. The van der Waals surface area contributed by atoms with Crippen LogP contribution in [-0.4, -0.2) is 11.0 Å². The van der Waals surface area contributed by atoms with Crippen molar-refractivity contribution in [1.29, 1.82) is 0 Å². The summed E-state index contributed by atoms with van der Waals surface area (Å²) < 4.78 is 69.4. The number of terminal acetylenes is 1. The van der Waals surface area contributed by atoms with Crippen LogP contribution in [0.3, 0.4) is 0 Å². The van der Waals surface area contributed by atoms with Crippen molar-refractivity contribution in [2.45, 2.75) is 15.9 Å². The van der Waals surface area contributed by atoms with E-state index in [4.69, 9.17) is 0 Å². The zero-order valence-electron chi connectivity index (χ0n) is 11.5. The molecule has 0 nitrogen and oxygen atoms in total. The van der Waals surface area contributed by atoms with Crippen LogP contribution in [0.1, 0.15) is 5.56 Å². The Morgan fingerprint density at radius 2 is 1.46 bits per heavy atom. The highest BCUT2D eigenvalue weighted by Crippen LogP contribution is 2.37. The predicted molar refractivity (Wildman–Crippen MR) is 91.0 cm³/mol. The minimum Gasteiger partial charge on any atom is -0.160 e. The predicted octanol–water partition coefficient (Wildman–Crippen LogP) is 6.92. The van der Waals surface area contributed by atoms with Crippen LogP contribution >= 0.6 is 46.2 Å². The van der Waals surface area contributed by atoms with E-state index in [0.717, 1.165) is 0 Å². The molecule has 0 aromatic carbocycles. The van der Waals surface area contributed by atoms with Crippen LogP contribution < -0.4 is 0 Å². The number of rotatable bonds is 1. The summed E-state index contributed by atoms with van der Waals surface area (Å²) >= 11 is 2.26. The zero-order chi connectivity index (χ0) is 18.6. The van der Waals surface area contributed by atoms with Gasteiger partial charge in [-0.3, -0.25) is 0 Å². The molecule has 0 aliphatic heterocycles. The minimum atomic E-state index is -4.26. The van der Waals surface area contributed by atoms with Crippen LogP contribution in [0, 0.1) is 24.0 Å². The summed E-state index contributed by atoms with van der Waals surface area (Å²) in [4.78, 5) is 0.262. The largest absolute Gasteiger partial charge is 0.453 e. The van der Waals surface area contributed by atoms with Gasteiger partial charge in [-0.05, 0) is 39.9 Å². The van der Waals surface area contributed by atoms with Gasteiger partial charge in [0.25, 0.3) is 0 Å². The van der Waals surface area contributed by atoms with Crippen LogP contribution in [0.5, 0.6) is 0 Å². The third-order valence-corrected chi connectivity index (χ3v) is 4.28. The zero-order valence-corrected chi connectivity index (χ0v) is 14.8. The van der Waals surface area contributed by atoms with Crippen LogP contribution in [0.15, 0.2) is 38.5 Å². The van der Waals surface area contributed by atoms with E-state index in [1.165, 1.54) is 34.1 Å². The Morgan fingerprint density at radius 1 is 0.875 bits per heavy atom. The highest BCUT2D eigenvalue weighted by Gasteiger charge is 2.29. The average molecular weight is 418 g/mol. The smallest absolute Gasteiger partial charge is 0.160 e. The van der Waals surface area contributed by atoms with Gasteiger partial charge in [-0.25, -0.2) is 0 Å². The average Bonchev–Trinajstić information content (AvgIpc) is 3.12. The van der Waals surface area contributed by atoms with E-state index in [9.17, 15) is 26.3 Å². The van der Waals surface area contributed by atoms with Gasteiger partial charge in [0.1, 0.15) is 0 Å². The summed E-state index contributed by atoms with van der Waals surface area (Å²) in [5.74, 6) is 2.38. The topological polar surface area (TPSA) is 0 Å². The Hall–Kier alpha value is -1.20. The summed E-state index contributed by atoms with van der Waals surface area (Å²) in [6, 6.07) is 3.12. The molecule has 0 saturated carbocycles. The fourth-order valence-electron chi connectivity index (χ4n) is 0.922. The Morgan fingerprint density at radius 3 is 1.88 bits per heavy atom. The monoisotopic (exact) mass is 418 g/mol. The van der Waals surface area contributed by atoms with Crippen LogP contribution in [0.25, 0.3) is 0 Å². The van der Waals surface area contributed by atoms with Crippen LogP contribution in [-0.2, 0) is 0 Å². The summed E-state index contributed by atoms with van der Waals surface area (Å²) in [7, 11) is 0. The number of thioether (sulfide) groups is 2. The van der Waals surface area contributed by atoms with Gasteiger partial charge in [0.15, 0.2) is 0 Å². The molecule has 0 aliphatic carbocycles. The van der Waals surface area contributed by atoms with Gasteiger partial charge in [0.05, 0.1) is 0 Å². The summed E-state index contributed by atoms with van der Waals surface area (Å²) in [6.07, 6.45) is 8.00. The fourth-order valence-corrected chi connectivity index (χ4v) is 3.16. The first-order valence-electron chi connectivity index (χ1n) is 5.55. The molecule has 0 spiro atoms. The highest BCUT2D eigenvalue weighted by molar-refractivity contribution is 8.04. The normalized spacial score (nSPS) is 10.3. The molecule has 2 aromatic heterocycles. The first-order valence-corrected chi connectivity index (χ1v) is 9.07. The molecule has 0 N–H and O–H groups in total. The molecule has 10 heteroatoms. The summed E-state index contributed by atoms with van der Waals surface area (Å²) in [5.41, 5.74) is -7.79. The Kier molecular flexibility index (Phi) is 10.8. The molecule has 130 valence electrons. The molecule has 24 heavy (non-hydrogen) atoms. The van der Waals surface area contributed by atoms with Gasteiger partial charge in [-0.1, -0.05) is 5.92 Å². The third-order valence-electron chi connectivity index (χ3n) is 1.61. The first kappa shape index (κ1) is 22.8. The highest BCUT2D eigenvalue weighted by atomic mass is 32.2. The molecule has 0 amide bonds. The lowest BCUT2D eigenvalue weighted by Crippen LogP contribution is -1.97. The lowest BCUT2D eigenvalue weighted by atomic mass is 10.4. The Labute approximate surface area is 151 Å². The molecule has 0 aliphatic rings. The lowest BCUT2D eigenvalue weighted by Gasteiger charge is -2.01. The van der Waals surface area contributed by atoms with E-state index in [0.29, 0.717) is 5.56 Å². The SMILES string of the molecule is C#C.FC(F)(F)SC#Cc1ccsc1.FC(F)(F)Sc1ccsc1. The van der Waals surface area contributed by atoms with Crippen molar-refractivity contribution in [3.63, 3.8) is 0 Å². The lowest BCUT2D eigenvalue weighted by molar-refractivity contribution is -0.0333. The van der Waals surface area contributed by atoms with Gasteiger partial charge < -0.3 is 0 Å². The molecule has 2 rings (SSSR count). The molecule has 0 fully saturated rings. The van der Waals surface area contributed by atoms with Crippen molar-refractivity contribution >= 4 is 46.2 Å². The maximum absolute atomic E-state index is 11.6. The number of thiophene rings is 2. The second-order valence-electron chi connectivity index (χ2n) is 3.29. The van der Waals surface area contributed by atoms with Gasteiger partial charge in [-0.15, -0.1) is 12.8 Å². The molecule has 2 aromatic rings. The second-order valence-corrected chi connectivity index (χ2v) is 6.86.